The van der Waals surface area contributed by atoms with E-state index in [1.807, 2.05) is 0 Å². The van der Waals surface area contributed by atoms with E-state index in [1.54, 1.807) is 49.4 Å². The normalized spacial score (nSPS) is 11.6. The van der Waals surface area contributed by atoms with Crippen molar-refractivity contribution in [2.24, 2.45) is 0 Å². The van der Waals surface area contributed by atoms with Crippen LogP contribution in [0.4, 0.5) is 0 Å². The second-order valence-corrected chi connectivity index (χ2v) is 5.11. The zero-order valence-electron chi connectivity index (χ0n) is 12.2. The molecule has 114 valence electrons. The first-order chi connectivity index (χ1) is 10.5. The van der Waals surface area contributed by atoms with Crippen LogP contribution in [0.25, 0.3) is 0 Å². The highest BCUT2D eigenvalue weighted by Crippen LogP contribution is 2.21. The smallest absolute Gasteiger partial charge is 0.338 e. The molecule has 0 radical (unpaired) electrons. The zero-order chi connectivity index (χ0) is 16.1. The fourth-order valence-corrected chi connectivity index (χ4v) is 2.05. The van der Waals surface area contributed by atoms with Crippen molar-refractivity contribution in [3.63, 3.8) is 0 Å². The summed E-state index contributed by atoms with van der Waals surface area (Å²) in [6.45, 7) is 1.77. The van der Waals surface area contributed by atoms with E-state index in [2.05, 4.69) is 4.74 Å². The second kappa shape index (κ2) is 7.09. The molecule has 1 atom stereocenters. The molecule has 5 heteroatoms. The molecule has 22 heavy (non-hydrogen) atoms. The molecule has 0 bridgehead atoms. The third-order valence-electron chi connectivity index (χ3n) is 3.14. The number of ether oxygens (including phenoxy) is 2. The molecule has 2 rings (SSSR count). The molecule has 0 spiro atoms. The SMILES string of the molecule is COC(=O)c1cccc(C(=O)OC(C)c2ccc(Cl)cc2)c1. The molecule has 0 aliphatic heterocycles. The molecule has 2 aromatic rings. The fourth-order valence-electron chi connectivity index (χ4n) is 1.92. The van der Waals surface area contributed by atoms with E-state index < -0.39 is 18.0 Å². The summed E-state index contributed by atoms with van der Waals surface area (Å²) in [6.07, 6.45) is -0.424. The van der Waals surface area contributed by atoms with Crippen LogP contribution >= 0.6 is 11.6 Å². The van der Waals surface area contributed by atoms with Gasteiger partial charge in [0.15, 0.2) is 0 Å². The zero-order valence-corrected chi connectivity index (χ0v) is 13.0. The van der Waals surface area contributed by atoms with Crippen LogP contribution in [0.1, 0.15) is 39.3 Å². The minimum Gasteiger partial charge on any atom is -0.465 e. The number of halogens is 1. The molecule has 2 aromatic carbocycles. The third kappa shape index (κ3) is 3.86. The summed E-state index contributed by atoms with van der Waals surface area (Å²) < 4.78 is 10.0. The maximum atomic E-state index is 12.2. The largest absolute Gasteiger partial charge is 0.465 e. The Morgan fingerprint density at radius 3 is 2.18 bits per heavy atom. The Kier molecular flexibility index (Phi) is 5.17. The Morgan fingerprint density at radius 1 is 1.00 bits per heavy atom. The van der Waals surface area contributed by atoms with Gasteiger partial charge in [-0.2, -0.15) is 0 Å². The Bertz CT molecular complexity index is 679. The summed E-state index contributed by atoms with van der Waals surface area (Å²) in [4.78, 5) is 23.6. The molecule has 0 amide bonds. The van der Waals surface area contributed by atoms with Crippen molar-refractivity contribution < 1.29 is 19.1 Å². The van der Waals surface area contributed by atoms with Crippen LogP contribution in [-0.4, -0.2) is 19.0 Å². The summed E-state index contributed by atoms with van der Waals surface area (Å²) in [5.74, 6) is -1.01. The molecule has 0 saturated heterocycles. The van der Waals surface area contributed by atoms with Crippen LogP contribution in [-0.2, 0) is 9.47 Å². The van der Waals surface area contributed by atoms with Crippen molar-refractivity contribution in [2.75, 3.05) is 7.11 Å². The fraction of sp³-hybridized carbons (Fsp3) is 0.176. The average molecular weight is 319 g/mol. The molecule has 0 saturated carbocycles. The molecule has 4 nitrogen and oxygen atoms in total. The van der Waals surface area contributed by atoms with Gasteiger partial charge in [0.05, 0.1) is 18.2 Å². The van der Waals surface area contributed by atoms with E-state index >= 15 is 0 Å². The lowest BCUT2D eigenvalue weighted by Crippen LogP contribution is -2.10. The number of benzene rings is 2. The highest BCUT2D eigenvalue weighted by molar-refractivity contribution is 6.30. The number of methoxy groups -OCH3 is 1. The van der Waals surface area contributed by atoms with Gasteiger partial charge in [0.2, 0.25) is 0 Å². The molecule has 0 aliphatic carbocycles. The molecule has 0 aliphatic rings. The second-order valence-electron chi connectivity index (χ2n) is 4.67. The Hall–Kier alpha value is -2.33. The van der Waals surface area contributed by atoms with E-state index in [0.29, 0.717) is 16.1 Å². The topological polar surface area (TPSA) is 52.6 Å². The van der Waals surface area contributed by atoms with Crippen molar-refractivity contribution >= 4 is 23.5 Å². The van der Waals surface area contributed by atoms with Crippen molar-refractivity contribution in [1.82, 2.24) is 0 Å². The quantitative estimate of drug-likeness (QED) is 0.798. The number of esters is 2. The first-order valence-corrected chi connectivity index (χ1v) is 7.04. The summed E-state index contributed by atoms with van der Waals surface area (Å²) >= 11 is 5.83. The number of hydrogen-bond acceptors (Lipinski definition) is 4. The number of carbonyl (C=O) groups excluding carboxylic acids is 2. The first-order valence-electron chi connectivity index (χ1n) is 6.66. The summed E-state index contributed by atoms with van der Waals surface area (Å²) in [7, 11) is 1.29. The predicted molar refractivity (Wildman–Crippen MR) is 83.1 cm³/mol. The van der Waals surface area contributed by atoms with Crippen molar-refractivity contribution in [2.45, 2.75) is 13.0 Å². The van der Waals surface area contributed by atoms with Crippen molar-refractivity contribution in [1.29, 1.82) is 0 Å². The van der Waals surface area contributed by atoms with Crippen LogP contribution < -0.4 is 0 Å². The van der Waals surface area contributed by atoms with E-state index in [4.69, 9.17) is 16.3 Å². The summed E-state index contributed by atoms with van der Waals surface area (Å²) in [5.41, 5.74) is 1.43. The molecule has 0 N–H and O–H groups in total. The van der Waals surface area contributed by atoms with Gasteiger partial charge in [0.25, 0.3) is 0 Å². The molecular formula is C17H15ClO4. The molecular weight excluding hydrogens is 304 g/mol. The maximum absolute atomic E-state index is 12.2. The minimum atomic E-state index is -0.506. The maximum Gasteiger partial charge on any atom is 0.338 e. The van der Waals surface area contributed by atoms with Crippen LogP contribution in [0.5, 0.6) is 0 Å². The van der Waals surface area contributed by atoms with Gasteiger partial charge in [-0.3, -0.25) is 0 Å². The lowest BCUT2D eigenvalue weighted by atomic mass is 10.1. The van der Waals surface area contributed by atoms with Gasteiger partial charge >= 0.3 is 11.9 Å². The van der Waals surface area contributed by atoms with E-state index in [1.165, 1.54) is 13.2 Å². The molecule has 1 unspecified atom stereocenters. The van der Waals surface area contributed by atoms with E-state index in [0.717, 1.165) is 5.56 Å². The van der Waals surface area contributed by atoms with Crippen LogP contribution in [0, 0.1) is 0 Å². The Balaban J connectivity index is 2.11. The standard InChI is InChI=1S/C17H15ClO4/c1-11(12-6-8-15(18)9-7-12)22-17(20)14-5-3-4-13(10-14)16(19)21-2/h3-11H,1-2H3. The molecule has 0 aromatic heterocycles. The lowest BCUT2D eigenvalue weighted by Gasteiger charge is -2.14. The average Bonchev–Trinajstić information content (AvgIpc) is 2.54. The van der Waals surface area contributed by atoms with E-state index in [-0.39, 0.29) is 0 Å². The van der Waals surface area contributed by atoms with Gasteiger partial charge in [0, 0.05) is 5.02 Å². The Labute approximate surface area is 133 Å². The monoisotopic (exact) mass is 318 g/mol. The van der Waals surface area contributed by atoms with Gasteiger partial charge < -0.3 is 9.47 Å². The lowest BCUT2D eigenvalue weighted by molar-refractivity contribution is 0.0338. The van der Waals surface area contributed by atoms with Crippen LogP contribution in [0.2, 0.25) is 5.02 Å². The van der Waals surface area contributed by atoms with Crippen molar-refractivity contribution in [3.05, 3.63) is 70.2 Å². The van der Waals surface area contributed by atoms with Crippen molar-refractivity contribution in [3.8, 4) is 0 Å². The first kappa shape index (κ1) is 16.0. The van der Waals surface area contributed by atoms with Gasteiger partial charge in [-0.15, -0.1) is 0 Å². The van der Waals surface area contributed by atoms with Crippen LogP contribution in [0.15, 0.2) is 48.5 Å². The van der Waals surface area contributed by atoms with Gasteiger partial charge in [-0.05, 0) is 42.8 Å². The van der Waals surface area contributed by atoms with Gasteiger partial charge in [-0.1, -0.05) is 29.8 Å². The number of hydrogen-bond donors (Lipinski definition) is 0. The van der Waals surface area contributed by atoms with Gasteiger partial charge in [-0.25, -0.2) is 9.59 Å². The summed E-state index contributed by atoms with van der Waals surface area (Å²) in [5, 5.41) is 0.619. The van der Waals surface area contributed by atoms with Gasteiger partial charge in [0.1, 0.15) is 6.10 Å². The van der Waals surface area contributed by atoms with E-state index in [9.17, 15) is 9.59 Å². The number of carbonyl (C=O) groups is 2. The highest BCUT2D eigenvalue weighted by atomic mass is 35.5. The molecule has 0 fully saturated rings. The minimum absolute atomic E-state index is 0.295. The highest BCUT2D eigenvalue weighted by Gasteiger charge is 2.15. The summed E-state index contributed by atoms with van der Waals surface area (Å²) in [6, 6.07) is 13.3. The van der Waals surface area contributed by atoms with Crippen LogP contribution in [0.3, 0.4) is 0 Å². The molecule has 0 heterocycles. The Morgan fingerprint density at radius 2 is 1.59 bits per heavy atom. The third-order valence-corrected chi connectivity index (χ3v) is 3.39. The predicted octanol–water partition coefficient (Wildman–Crippen LogP) is 4.04. The number of rotatable bonds is 4.